The van der Waals surface area contributed by atoms with Crippen molar-refractivity contribution in [2.45, 2.75) is 32.2 Å². The molecule has 1 N–H and O–H groups in total. The molecule has 0 aliphatic heterocycles. The molecule has 7 heteroatoms. The zero-order valence-electron chi connectivity index (χ0n) is 22.1. The average Bonchev–Trinajstić information content (AvgIpc) is 2.92. The highest BCUT2D eigenvalue weighted by Gasteiger charge is 2.11. The van der Waals surface area contributed by atoms with Crippen molar-refractivity contribution in [1.29, 1.82) is 0 Å². The van der Waals surface area contributed by atoms with Crippen LogP contribution in [0.25, 0.3) is 11.8 Å². The number of benzene rings is 2. The zero-order valence-corrected chi connectivity index (χ0v) is 22.1. The molecule has 0 bridgehead atoms. The Balaban J connectivity index is 1.36. The van der Waals surface area contributed by atoms with Crippen molar-refractivity contribution in [1.82, 2.24) is 14.8 Å². The van der Waals surface area contributed by atoms with Gasteiger partial charge in [0.2, 0.25) is 5.91 Å². The Labute approximate surface area is 219 Å². The summed E-state index contributed by atoms with van der Waals surface area (Å²) in [7, 11) is 5.40. The lowest BCUT2D eigenvalue weighted by molar-refractivity contribution is -0.120. The Bertz CT molecular complexity index is 1210. The molecule has 3 rings (SSSR count). The molecule has 2 aromatic carbocycles. The molecule has 1 atom stereocenters. The molecule has 0 fully saturated rings. The standard InChI is InChI=1S/C30H37N3O4/c1-23(32(2)19-15-25-10-13-28(36-3)29(22-25)37-4)14-18-31-30(35)7-5-6-24-8-11-26(12-9-24)33-20-16-27(34)17-21-33/h5-6,8-13,16-17,20-23H,7,14-15,18-19H2,1-4H3,(H,31,35). The molecule has 1 amide bonds. The Kier molecular flexibility index (Phi) is 10.5. The number of nitrogens with zero attached hydrogens (tertiary/aromatic N) is 2. The second-order valence-electron chi connectivity index (χ2n) is 9.05. The minimum atomic E-state index is -0.0124. The van der Waals surface area contributed by atoms with Crippen LogP contribution in [0.5, 0.6) is 11.5 Å². The van der Waals surface area contributed by atoms with Crippen LogP contribution in [0.2, 0.25) is 0 Å². The predicted octanol–water partition coefficient (Wildman–Crippen LogP) is 4.33. The molecule has 1 unspecified atom stereocenters. The maximum absolute atomic E-state index is 12.2. The van der Waals surface area contributed by atoms with Crippen LogP contribution in [0.1, 0.15) is 30.9 Å². The van der Waals surface area contributed by atoms with Crippen LogP contribution in [0.15, 0.2) is 77.9 Å². The third-order valence-electron chi connectivity index (χ3n) is 6.44. The summed E-state index contributed by atoms with van der Waals surface area (Å²) in [6, 6.07) is 17.4. The summed E-state index contributed by atoms with van der Waals surface area (Å²) in [6.07, 6.45) is 9.43. The summed E-state index contributed by atoms with van der Waals surface area (Å²) in [5, 5.41) is 3.02. The number of likely N-dealkylation sites (N-methyl/N-ethyl adjacent to an activating group) is 1. The van der Waals surface area contributed by atoms with E-state index in [0.29, 0.717) is 19.0 Å². The first-order valence-electron chi connectivity index (χ1n) is 12.5. The van der Waals surface area contributed by atoms with E-state index in [1.54, 1.807) is 26.6 Å². The molecular weight excluding hydrogens is 466 g/mol. The molecule has 196 valence electrons. The number of pyridine rings is 1. The molecule has 0 radical (unpaired) electrons. The van der Waals surface area contributed by atoms with Crippen molar-refractivity contribution in [2.75, 3.05) is 34.4 Å². The fraction of sp³-hybridized carbons (Fsp3) is 0.333. The van der Waals surface area contributed by atoms with Crippen LogP contribution in [-0.4, -0.2) is 55.8 Å². The second-order valence-corrected chi connectivity index (χ2v) is 9.05. The Morgan fingerprint density at radius 3 is 2.41 bits per heavy atom. The Hall–Kier alpha value is -3.84. The number of hydrogen-bond acceptors (Lipinski definition) is 5. The SMILES string of the molecule is COc1ccc(CCN(C)C(C)CCNC(=O)CC=Cc2ccc(-n3ccc(=O)cc3)cc2)cc1OC. The van der Waals surface area contributed by atoms with E-state index in [1.807, 2.05) is 53.1 Å². The second kappa shape index (κ2) is 14.0. The van der Waals surface area contributed by atoms with Gasteiger partial charge in [0.05, 0.1) is 14.2 Å². The maximum Gasteiger partial charge on any atom is 0.223 e. The number of rotatable bonds is 13. The third kappa shape index (κ3) is 8.65. The fourth-order valence-electron chi connectivity index (χ4n) is 3.92. The first kappa shape index (κ1) is 27.7. The number of nitrogens with one attached hydrogen (secondary N) is 1. The average molecular weight is 504 g/mol. The number of carbonyl (C=O) groups excluding carboxylic acids is 1. The van der Waals surface area contributed by atoms with Gasteiger partial charge in [-0.1, -0.05) is 30.4 Å². The van der Waals surface area contributed by atoms with Gasteiger partial charge in [-0.25, -0.2) is 0 Å². The van der Waals surface area contributed by atoms with Crippen LogP contribution in [-0.2, 0) is 11.2 Å². The number of aromatic nitrogens is 1. The largest absolute Gasteiger partial charge is 0.493 e. The van der Waals surface area contributed by atoms with Crippen molar-refractivity contribution < 1.29 is 14.3 Å². The lowest BCUT2D eigenvalue weighted by Crippen LogP contribution is -2.35. The Morgan fingerprint density at radius 2 is 1.73 bits per heavy atom. The predicted molar refractivity (Wildman–Crippen MR) is 149 cm³/mol. The molecule has 1 heterocycles. The lowest BCUT2D eigenvalue weighted by Gasteiger charge is -2.25. The molecule has 0 aliphatic rings. The summed E-state index contributed by atoms with van der Waals surface area (Å²) in [4.78, 5) is 25.8. The van der Waals surface area contributed by atoms with E-state index in [1.165, 1.54) is 17.7 Å². The van der Waals surface area contributed by atoms with Crippen molar-refractivity contribution >= 4 is 12.0 Å². The maximum atomic E-state index is 12.2. The van der Waals surface area contributed by atoms with Gasteiger partial charge in [-0.15, -0.1) is 0 Å². The van der Waals surface area contributed by atoms with E-state index in [2.05, 4.69) is 30.3 Å². The summed E-state index contributed by atoms with van der Waals surface area (Å²) < 4.78 is 12.6. The zero-order chi connectivity index (χ0) is 26.6. The van der Waals surface area contributed by atoms with Crippen LogP contribution >= 0.6 is 0 Å². The number of hydrogen-bond donors (Lipinski definition) is 1. The summed E-state index contributed by atoms with van der Waals surface area (Å²) in [5.41, 5.74) is 3.17. The molecule has 7 nitrogen and oxygen atoms in total. The molecule has 3 aromatic rings. The van der Waals surface area contributed by atoms with E-state index in [0.717, 1.165) is 42.1 Å². The molecular formula is C30H37N3O4. The van der Waals surface area contributed by atoms with Crippen molar-refractivity contribution in [3.05, 3.63) is 94.4 Å². The van der Waals surface area contributed by atoms with Gasteiger partial charge in [-0.3, -0.25) is 9.59 Å². The van der Waals surface area contributed by atoms with Crippen LogP contribution in [0.4, 0.5) is 0 Å². The quantitative estimate of drug-likeness (QED) is 0.376. The molecule has 0 spiro atoms. The van der Waals surface area contributed by atoms with Gasteiger partial charge in [0.25, 0.3) is 0 Å². The monoisotopic (exact) mass is 503 g/mol. The molecule has 1 aromatic heterocycles. The van der Waals surface area contributed by atoms with Gasteiger partial charge in [0, 0.05) is 55.8 Å². The highest BCUT2D eigenvalue weighted by Crippen LogP contribution is 2.27. The summed E-state index contributed by atoms with van der Waals surface area (Å²) >= 11 is 0. The Morgan fingerprint density at radius 1 is 1.03 bits per heavy atom. The fourth-order valence-corrected chi connectivity index (χ4v) is 3.92. The molecule has 37 heavy (non-hydrogen) atoms. The van der Waals surface area contributed by atoms with E-state index in [-0.39, 0.29) is 11.3 Å². The highest BCUT2D eigenvalue weighted by molar-refractivity contribution is 5.78. The van der Waals surface area contributed by atoms with Gasteiger partial charge in [-0.2, -0.15) is 0 Å². The van der Waals surface area contributed by atoms with Crippen molar-refractivity contribution in [3.8, 4) is 17.2 Å². The number of methoxy groups -OCH3 is 2. The third-order valence-corrected chi connectivity index (χ3v) is 6.44. The summed E-state index contributed by atoms with van der Waals surface area (Å²) in [5.74, 6) is 1.50. The molecule has 0 saturated carbocycles. The normalized spacial score (nSPS) is 12.0. The minimum absolute atomic E-state index is 0.0124. The van der Waals surface area contributed by atoms with Crippen molar-refractivity contribution in [3.63, 3.8) is 0 Å². The first-order valence-corrected chi connectivity index (χ1v) is 12.5. The van der Waals surface area contributed by atoms with Crippen molar-refractivity contribution in [2.24, 2.45) is 0 Å². The van der Waals surface area contributed by atoms with E-state index < -0.39 is 0 Å². The van der Waals surface area contributed by atoms with Gasteiger partial charge >= 0.3 is 0 Å². The van der Waals surface area contributed by atoms with Gasteiger partial charge in [-0.05, 0) is 62.2 Å². The topological polar surface area (TPSA) is 72.8 Å². The smallest absolute Gasteiger partial charge is 0.223 e. The molecule has 0 aliphatic carbocycles. The van der Waals surface area contributed by atoms with E-state index in [4.69, 9.17) is 9.47 Å². The first-order chi connectivity index (χ1) is 17.9. The minimum Gasteiger partial charge on any atom is -0.493 e. The van der Waals surface area contributed by atoms with Crippen LogP contribution in [0, 0.1) is 0 Å². The molecule has 0 saturated heterocycles. The number of carbonyl (C=O) groups is 1. The lowest BCUT2D eigenvalue weighted by atomic mass is 10.1. The highest BCUT2D eigenvalue weighted by atomic mass is 16.5. The van der Waals surface area contributed by atoms with E-state index in [9.17, 15) is 9.59 Å². The van der Waals surface area contributed by atoms with E-state index >= 15 is 0 Å². The number of amides is 1. The van der Waals surface area contributed by atoms with Gasteiger partial charge in [0.15, 0.2) is 16.9 Å². The van der Waals surface area contributed by atoms with Crippen LogP contribution in [0.3, 0.4) is 0 Å². The van der Waals surface area contributed by atoms with Crippen LogP contribution < -0.4 is 20.2 Å². The van der Waals surface area contributed by atoms with Gasteiger partial charge < -0.3 is 24.3 Å². The number of ether oxygens (including phenoxy) is 2. The summed E-state index contributed by atoms with van der Waals surface area (Å²) in [6.45, 7) is 3.73. The van der Waals surface area contributed by atoms with Gasteiger partial charge in [0.1, 0.15) is 0 Å².